The average Bonchev–Trinajstić information content (AvgIpc) is 3.21. The van der Waals surface area contributed by atoms with Gasteiger partial charge in [-0.2, -0.15) is 5.26 Å². The third-order valence-corrected chi connectivity index (χ3v) is 4.42. The molecule has 0 N–H and O–H groups in total. The van der Waals surface area contributed by atoms with Crippen molar-refractivity contribution in [3.63, 3.8) is 0 Å². The zero-order valence-corrected chi connectivity index (χ0v) is 16.5. The van der Waals surface area contributed by atoms with Crippen molar-refractivity contribution in [2.45, 2.75) is 26.4 Å². The molecule has 0 radical (unpaired) electrons. The summed E-state index contributed by atoms with van der Waals surface area (Å²) in [5.41, 5.74) is 2.98. The van der Waals surface area contributed by atoms with E-state index in [-0.39, 0.29) is 0 Å². The molecule has 3 rings (SSSR count). The summed E-state index contributed by atoms with van der Waals surface area (Å²) >= 11 is 0. The molecule has 0 aliphatic carbocycles. The fraction of sp³-hybridized carbons (Fsp3) is 0.261. The van der Waals surface area contributed by atoms with Crippen LogP contribution in [-0.2, 0) is 9.53 Å². The molecule has 1 atom stereocenters. The summed E-state index contributed by atoms with van der Waals surface area (Å²) in [7, 11) is 0. The zero-order valence-electron chi connectivity index (χ0n) is 16.5. The molecule has 1 aromatic carbocycles. The Kier molecular flexibility index (Phi) is 6.77. The molecule has 29 heavy (non-hydrogen) atoms. The lowest BCUT2D eigenvalue weighted by Gasteiger charge is -2.11. The summed E-state index contributed by atoms with van der Waals surface area (Å²) in [6.07, 6.45) is 6.31. The van der Waals surface area contributed by atoms with Crippen molar-refractivity contribution in [3.05, 3.63) is 66.1 Å². The summed E-state index contributed by atoms with van der Waals surface area (Å²) in [6.45, 7) is 5.01. The Morgan fingerprint density at radius 3 is 2.66 bits per heavy atom. The molecular formula is C23H23N3O3. The summed E-state index contributed by atoms with van der Waals surface area (Å²) in [4.78, 5) is 15.7. The Hall–Kier alpha value is -3.43. The van der Waals surface area contributed by atoms with Gasteiger partial charge in [0, 0.05) is 30.8 Å². The van der Waals surface area contributed by atoms with Gasteiger partial charge >= 0.3 is 0 Å². The van der Waals surface area contributed by atoms with Gasteiger partial charge in [-0.1, -0.05) is 19.1 Å². The van der Waals surface area contributed by atoms with Crippen molar-refractivity contribution in [2.24, 2.45) is 0 Å². The monoisotopic (exact) mass is 389 g/mol. The second kappa shape index (κ2) is 9.67. The molecular weight excluding hydrogens is 366 g/mol. The minimum atomic E-state index is -0.636. The van der Waals surface area contributed by atoms with Crippen molar-refractivity contribution in [1.82, 2.24) is 9.55 Å². The molecule has 3 aromatic rings. The number of nitriles is 1. The molecule has 6 heteroatoms. The first-order valence-corrected chi connectivity index (χ1v) is 9.58. The van der Waals surface area contributed by atoms with Crippen LogP contribution >= 0.6 is 0 Å². The van der Waals surface area contributed by atoms with Crippen LogP contribution in [-0.4, -0.2) is 29.1 Å². The number of aldehydes is 1. The topological polar surface area (TPSA) is 77.1 Å². The Labute approximate surface area is 170 Å². The lowest BCUT2D eigenvalue weighted by Crippen LogP contribution is -2.07. The van der Waals surface area contributed by atoms with E-state index in [2.05, 4.69) is 18.0 Å². The van der Waals surface area contributed by atoms with Crippen LogP contribution in [0.25, 0.3) is 16.9 Å². The van der Waals surface area contributed by atoms with Crippen LogP contribution in [0.3, 0.4) is 0 Å². The molecule has 0 saturated carbocycles. The van der Waals surface area contributed by atoms with Gasteiger partial charge in [-0.05, 0) is 48.7 Å². The molecule has 0 aliphatic rings. The van der Waals surface area contributed by atoms with Crippen LogP contribution in [0.1, 0.15) is 37.5 Å². The fourth-order valence-corrected chi connectivity index (χ4v) is 3.00. The van der Waals surface area contributed by atoms with Gasteiger partial charge in [0.25, 0.3) is 0 Å². The lowest BCUT2D eigenvalue weighted by molar-refractivity contribution is -0.118. The zero-order chi connectivity index (χ0) is 20.6. The molecule has 0 saturated heterocycles. The molecule has 1 unspecified atom stereocenters. The molecule has 0 amide bonds. The van der Waals surface area contributed by atoms with Crippen LogP contribution in [0.4, 0.5) is 0 Å². The van der Waals surface area contributed by atoms with Gasteiger partial charge in [0.15, 0.2) is 6.29 Å². The van der Waals surface area contributed by atoms with Crippen molar-refractivity contribution >= 4 is 6.29 Å². The molecule has 0 aliphatic heterocycles. The van der Waals surface area contributed by atoms with Gasteiger partial charge in [-0.15, -0.1) is 0 Å². The molecule has 0 bridgehead atoms. The number of ether oxygens (including phenoxy) is 2. The summed E-state index contributed by atoms with van der Waals surface area (Å²) in [5, 5.41) is 9.59. The molecule has 2 aromatic heterocycles. The summed E-state index contributed by atoms with van der Waals surface area (Å²) in [5.74, 6) is 1.42. The van der Waals surface area contributed by atoms with Crippen LogP contribution in [0.15, 0.2) is 55.0 Å². The third-order valence-electron chi connectivity index (χ3n) is 4.42. The summed E-state index contributed by atoms with van der Waals surface area (Å²) in [6, 6.07) is 13.5. The number of hydrogen-bond donors (Lipinski definition) is 0. The highest BCUT2D eigenvalue weighted by atomic mass is 16.5. The Morgan fingerprint density at radius 1 is 1.21 bits per heavy atom. The number of rotatable bonds is 9. The smallest absolute Gasteiger partial charge is 0.153 e. The normalized spacial score (nSPS) is 11.6. The lowest BCUT2D eigenvalue weighted by atomic mass is 10.1. The van der Waals surface area contributed by atoms with E-state index < -0.39 is 6.10 Å². The van der Waals surface area contributed by atoms with Crippen LogP contribution in [0.2, 0.25) is 0 Å². The highest BCUT2D eigenvalue weighted by Crippen LogP contribution is 2.28. The Morgan fingerprint density at radius 2 is 2.00 bits per heavy atom. The first-order valence-electron chi connectivity index (χ1n) is 9.58. The van der Waals surface area contributed by atoms with E-state index in [1.807, 2.05) is 37.4 Å². The number of pyridine rings is 1. The number of carbonyl (C=O) groups excluding carboxylic acids is 1. The van der Waals surface area contributed by atoms with Gasteiger partial charge in [0.2, 0.25) is 0 Å². The molecule has 0 fully saturated rings. The minimum Gasteiger partial charge on any atom is -0.494 e. The van der Waals surface area contributed by atoms with E-state index in [0.717, 1.165) is 35.1 Å². The van der Waals surface area contributed by atoms with Crippen LogP contribution in [0, 0.1) is 11.3 Å². The van der Waals surface area contributed by atoms with Gasteiger partial charge in [0.1, 0.15) is 23.7 Å². The number of hydrogen-bond acceptors (Lipinski definition) is 5. The summed E-state index contributed by atoms with van der Waals surface area (Å²) < 4.78 is 12.9. The van der Waals surface area contributed by atoms with Crippen molar-refractivity contribution in [2.75, 3.05) is 13.2 Å². The SMILES string of the molecule is CCCOc1ccc(-c2cn(-c3cc(C(C=O)OCC)ccn3)cc2C#N)cc1. The van der Waals surface area contributed by atoms with Gasteiger partial charge in [0.05, 0.1) is 12.2 Å². The number of aromatic nitrogens is 2. The van der Waals surface area contributed by atoms with E-state index in [9.17, 15) is 10.1 Å². The van der Waals surface area contributed by atoms with Crippen LogP contribution in [0.5, 0.6) is 5.75 Å². The molecule has 2 heterocycles. The molecule has 6 nitrogen and oxygen atoms in total. The van der Waals surface area contributed by atoms with E-state index in [1.165, 1.54) is 0 Å². The van der Waals surface area contributed by atoms with Gasteiger partial charge in [-0.25, -0.2) is 4.98 Å². The maximum Gasteiger partial charge on any atom is 0.153 e. The van der Waals surface area contributed by atoms with Crippen LogP contribution < -0.4 is 4.74 Å². The first kappa shape index (κ1) is 20.3. The van der Waals surface area contributed by atoms with Crippen molar-refractivity contribution in [3.8, 4) is 28.8 Å². The second-order valence-electron chi connectivity index (χ2n) is 6.44. The highest BCUT2D eigenvalue weighted by molar-refractivity contribution is 5.71. The van der Waals surface area contributed by atoms with Crippen molar-refractivity contribution < 1.29 is 14.3 Å². The van der Waals surface area contributed by atoms with E-state index in [1.54, 1.807) is 29.1 Å². The second-order valence-corrected chi connectivity index (χ2v) is 6.44. The average molecular weight is 389 g/mol. The third kappa shape index (κ3) is 4.71. The van der Waals surface area contributed by atoms with E-state index in [4.69, 9.17) is 9.47 Å². The first-order chi connectivity index (χ1) is 14.2. The number of carbonyl (C=O) groups is 1. The van der Waals surface area contributed by atoms with Gasteiger partial charge in [-0.3, -0.25) is 0 Å². The van der Waals surface area contributed by atoms with Gasteiger partial charge < -0.3 is 18.8 Å². The maximum absolute atomic E-state index is 11.3. The predicted molar refractivity (Wildman–Crippen MR) is 110 cm³/mol. The Bertz CT molecular complexity index is 1000. The fourth-order valence-electron chi connectivity index (χ4n) is 3.00. The quantitative estimate of drug-likeness (QED) is 0.505. The molecule has 148 valence electrons. The standard InChI is InChI=1S/C23H23N3O3/c1-3-11-29-20-7-5-17(6-8-20)21-15-26(14-19(21)13-24)23-12-18(9-10-25-23)22(16-27)28-4-2/h5-10,12,14-16,22H,3-4,11H2,1-2H3. The van der Waals surface area contributed by atoms with Crippen molar-refractivity contribution in [1.29, 1.82) is 5.26 Å². The largest absolute Gasteiger partial charge is 0.494 e. The minimum absolute atomic E-state index is 0.436. The maximum atomic E-state index is 11.3. The van der Waals surface area contributed by atoms with E-state index in [0.29, 0.717) is 24.6 Å². The predicted octanol–water partition coefficient (Wildman–Crippen LogP) is 4.48. The van der Waals surface area contributed by atoms with E-state index >= 15 is 0 Å². The number of benzene rings is 1. The number of nitrogens with zero attached hydrogens (tertiary/aromatic N) is 3. The Balaban J connectivity index is 1.93. The molecule has 0 spiro atoms. The highest BCUT2D eigenvalue weighted by Gasteiger charge is 2.14.